The van der Waals surface area contributed by atoms with Crippen LogP contribution < -0.4 is 10.6 Å². The molecule has 1 atom stereocenters. The van der Waals surface area contributed by atoms with Gasteiger partial charge in [0.05, 0.1) is 17.8 Å². The summed E-state index contributed by atoms with van der Waals surface area (Å²) < 4.78 is 1.77. The lowest BCUT2D eigenvalue weighted by atomic mass is 10.0. The zero-order valence-electron chi connectivity index (χ0n) is 14.1. The van der Waals surface area contributed by atoms with Gasteiger partial charge in [-0.25, -0.2) is 9.97 Å². The van der Waals surface area contributed by atoms with E-state index in [1.54, 1.807) is 10.9 Å². The standard InChI is InChI=1S/C18H20N6O/c1-24-11-14(10-21-24)12-5-6-13-9-20-18(22-16(13)8-12)23-17(25)15-4-2-3-7-19-15/h5-6,8-11,15,19H,2-4,7H2,1H3,(H,20,22,23,25)/t15-/m0/s1. The van der Waals surface area contributed by atoms with Crippen LogP contribution in [0.1, 0.15) is 19.3 Å². The molecule has 0 bridgehead atoms. The van der Waals surface area contributed by atoms with E-state index in [1.807, 2.05) is 37.6 Å². The number of nitrogens with one attached hydrogen (secondary N) is 2. The van der Waals surface area contributed by atoms with E-state index in [0.717, 1.165) is 47.8 Å². The number of hydrogen-bond acceptors (Lipinski definition) is 5. The van der Waals surface area contributed by atoms with Gasteiger partial charge in [0.15, 0.2) is 0 Å². The third kappa shape index (κ3) is 3.36. The Morgan fingerprint density at radius 3 is 2.96 bits per heavy atom. The van der Waals surface area contributed by atoms with Crippen molar-refractivity contribution >= 4 is 22.8 Å². The lowest BCUT2D eigenvalue weighted by molar-refractivity contribution is -0.118. The molecule has 0 saturated carbocycles. The number of piperidine rings is 1. The number of fused-ring (bicyclic) bond motifs is 1. The summed E-state index contributed by atoms with van der Waals surface area (Å²) in [6.45, 7) is 0.880. The van der Waals surface area contributed by atoms with Crippen LogP contribution in [0, 0.1) is 0 Å². The molecule has 7 nitrogen and oxygen atoms in total. The quantitative estimate of drug-likeness (QED) is 0.765. The Labute approximate surface area is 145 Å². The molecule has 1 aliphatic rings. The van der Waals surface area contributed by atoms with Crippen LogP contribution in [0.25, 0.3) is 22.0 Å². The van der Waals surface area contributed by atoms with Crippen molar-refractivity contribution in [2.75, 3.05) is 11.9 Å². The predicted molar refractivity (Wildman–Crippen MR) is 96.0 cm³/mol. The van der Waals surface area contributed by atoms with Crippen LogP contribution in [0.3, 0.4) is 0 Å². The smallest absolute Gasteiger partial charge is 0.243 e. The SMILES string of the molecule is Cn1cc(-c2ccc3cnc(NC(=O)[C@@H]4CCCCN4)nc3c2)cn1. The van der Waals surface area contributed by atoms with Crippen molar-refractivity contribution in [3.05, 3.63) is 36.8 Å². The minimum absolute atomic E-state index is 0.0672. The van der Waals surface area contributed by atoms with Crippen molar-refractivity contribution in [1.82, 2.24) is 25.1 Å². The molecular formula is C18H20N6O. The Bertz CT molecular complexity index is 913. The molecular weight excluding hydrogens is 316 g/mol. The van der Waals surface area contributed by atoms with Crippen molar-refractivity contribution < 1.29 is 4.79 Å². The van der Waals surface area contributed by atoms with E-state index in [4.69, 9.17) is 0 Å². The predicted octanol–water partition coefficient (Wildman–Crippen LogP) is 2.11. The molecule has 1 aromatic carbocycles. The fraction of sp³-hybridized carbons (Fsp3) is 0.333. The lowest BCUT2D eigenvalue weighted by Crippen LogP contribution is -2.43. The maximum atomic E-state index is 12.3. The van der Waals surface area contributed by atoms with Crippen LogP contribution in [-0.2, 0) is 11.8 Å². The molecule has 1 fully saturated rings. The molecule has 1 aliphatic heterocycles. The van der Waals surface area contributed by atoms with Gasteiger partial charge in [0.25, 0.3) is 0 Å². The third-order valence-electron chi connectivity index (χ3n) is 4.48. The molecule has 25 heavy (non-hydrogen) atoms. The fourth-order valence-electron chi connectivity index (χ4n) is 3.11. The van der Waals surface area contributed by atoms with Crippen LogP contribution >= 0.6 is 0 Å². The second kappa shape index (κ2) is 6.60. The molecule has 0 radical (unpaired) electrons. The van der Waals surface area contributed by atoms with Crippen molar-refractivity contribution in [1.29, 1.82) is 0 Å². The second-order valence-corrected chi connectivity index (χ2v) is 6.36. The highest BCUT2D eigenvalue weighted by molar-refractivity contribution is 5.94. The zero-order valence-corrected chi connectivity index (χ0v) is 14.1. The summed E-state index contributed by atoms with van der Waals surface area (Å²) in [5.41, 5.74) is 2.86. The van der Waals surface area contributed by atoms with Crippen LogP contribution in [-0.4, -0.2) is 38.2 Å². The minimum Gasteiger partial charge on any atom is -0.306 e. The van der Waals surface area contributed by atoms with Gasteiger partial charge in [-0.05, 0) is 31.0 Å². The minimum atomic E-state index is -0.158. The molecule has 128 valence electrons. The summed E-state index contributed by atoms with van der Waals surface area (Å²) in [6, 6.07) is 5.83. The van der Waals surface area contributed by atoms with Gasteiger partial charge in [-0.3, -0.25) is 14.8 Å². The van der Waals surface area contributed by atoms with Crippen LogP contribution in [0.4, 0.5) is 5.95 Å². The molecule has 0 aliphatic carbocycles. The van der Waals surface area contributed by atoms with E-state index in [9.17, 15) is 4.79 Å². The Morgan fingerprint density at radius 1 is 1.28 bits per heavy atom. The summed E-state index contributed by atoms with van der Waals surface area (Å²) in [5, 5.41) is 11.2. The van der Waals surface area contributed by atoms with E-state index < -0.39 is 0 Å². The normalized spacial score (nSPS) is 17.6. The first-order chi connectivity index (χ1) is 12.2. The first-order valence-electron chi connectivity index (χ1n) is 8.49. The summed E-state index contributed by atoms with van der Waals surface area (Å²) in [5.74, 6) is 0.274. The van der Waals surface area contributed by atoms with Gasteiger partial charge in [0, 0.05) is 30.4 Å². The number of hydrogen-bond donors (Lipinski definition) is 2. The number of carbonyl (C=O) groups excluding carboxylic acids is 1. The highest BCUT2D eigenvalue weighted by Crippen LogP contribution is 2.23. The first kappa shape index (κ1) is 15.7. The van der Waals surface area contributed by atoms with Gasteiger partial charge in [0.2, 0.25) is 11.9 Å². The molecule has 0 spiro atoms. The molecule has 0 unspecified atom stereocenters. The Balaban J connectivity index is 1.59. The number of benzene rings is 1. The van der Waals surface area contributed by atoms with Gasteiger partial charge in [-0.15, -0.1) is 0 Å². The van der Waals surface area contributed by atoms with Crippen LogP contribution in [0.2, 0.25) is 0 Å². The molecule has 4 rings (SSSR count). The summed E-state index contributed by atoms with van der Waals surface area (Å²) >= 11 is 0. The second-order valence-electron chi connectivity index (χ2n) is 6.36. The van der Waals surface area contributed by atoms with Crippen molar-refractivity contribution in [3.8, 4) is 11.1 Å². The highest BCUT2D eigenvalue weighted by atomic mass is 16.2. The summed E-state index contributed by atoms with van der Waals surface area (Å²) in [4.78, 5) is 21.1. The van der Waals surface area contributed by atoms with E-state index in [2.05, 4.69) is 25.7 Å². The van der Waals surface area contributed by atoms with E-state index in [1.165, 1.54) is 0 Å². The molecule has 3 heterocycles. The zero-order chi connectivity index (χ0) is 17.2. The molecule has 2 aromatic heterocycles. The van der Waals surface area contributed by atoms with Crippen LogP contribution in [0.15, 0.2) is 36.8 Å². The molecule has 2 N–H and O–H groups in total. The first-order valence-corrected chi connectivity index (χ1v) is 8.49. The molecule has 1 amide bonds. The van der Waals surface area contributed by atoms with Gasteiger partial charge in [-0.1, -0.05) is 18.6 Å². The maximum Gasteiger partial charge on any atom is 0.243 e. The fourth-order valence-corrected chi connectivity index (χ4v) is 3.11. The highest BCUT2D eigenvalue weighted by Gasteiger charge is 2.21. The lowest BCUT2D eigenvalue weighted by Gasteiger charge is -2.22. The van der Waals surface area contributed by atoms with Gasteiger partial charge >= 0.3 is 0 Å². The largest absolute Gasteiger partial charge is 0.306 e. The maximum absolute atomic E-state index is 12.3. The van der Waals surface area contributed by atoms with E-state index >= 15 is 0 Å². The number of aryl methyl sites for hydroxylation is 1. The number of rotatable bonds is 3. The number of anilines is 1. The third-order valence-corrected chi connectivity index (χ3v) is 4.48. The molecule has 1 saturated heterocycles. The van der Waals surface area contributed by atoms with Crippen molar-refractivity contribution in [2.24, 2.45) is 7.05 Å². The van der Waals surface area contributed by atoms with Gasteiger partial charge in [-0.2, -0.15) is 5.10 Å². The van der Waals surface area contributed by atoms with Gasteiger partial charge < -0.3 is 5.32 Å². The number of amides is 1. The Kier molecular flexibility index (Phi) is 4.15. The number of nitrogens with zero attached hydrogens (tertiary/aromatic N) is 4. The molecule has 3 aromatic rings. The summed E-state index contributed by atoms with van der Waals surface area (Å²) in [6.07, 6.45) is 8.55. The Hall–Kier alpha value is -2.80. The van der Waals surface area contributed by atoms with E-state index in [-0.39, 0.29) is 11.9 Å². The van der Waals surface area contributed by atoms with Crippen molar-refractivity contribution in [3.63, 3.8) is 0 Å². The monoisotopic (exact) mass is 336 g/mol. The van der Waals surface area contributed by atoms with Crippen molar-refractivity contribution in [2.45, 2.75) is 25.3 Å². The summed E-state index contributed by atoms with van der Waals surface area (Å²) in [7, 11) is 1.89. The van der Waals surface area contributed by atoms with Crippen LogP contribution in [0.5, 0.6) is 0 Å². The van der Waals surface area contributed by atoms with Gasteiger partial charge in [0.1, 0.15) is 0 Å². The molecule has 7 heteroatoms. The average molecular weight is 336 g/mol. The average Bonchev–Trinajstić information content (AvgIpc) is 3.08. The number of carbonyl (C=O) groups is 1. The number of aromatic nitrogens is 4. The Morgan fingerprint density at radius 2 is 2.20 bits per heavy atom. The van der Waals surface area contributed by atoms with E-state index in [0.29, 0.717) is 5.95 Å². The topological polar surface area (TPSA) is 84.7 Å².